The molecule has 2 aromatic carbocycles. The molecule has 0 radical (unpaired) electrons. The molecule has 3 atom stereocenters. The quantitative estimate of drug-likeness (QED) is 0.813. The first-order valence-electron chi connectivity index (χ1n) is 8.42. The monoisotopic (exact) mass is 391 g/mol. The fraction of sp³-hybridized carbons (Fsp3) is 0.316. The van der Waals surface area contributed by atoms with Gasteiger partial charge in [-0.2, -0.15) is 0 Å². The van der Waals surface area contributed by atoms with Crippen LogP contribution in [0.1, 0.15) is 24.8 Å². The van der Waals surface area contributed by atoms with Gasteiger partial charge in [-0.3, -0.25) is 4.79 Å². The number of carbonyl (C=O) groups excluding carboxylic acids is 1. The largest absolute Gasteiger partial charge is 0.497 e. The summed E-state index contributed by atoms with van der Waals surface area (Å²) in [6, 6.07) is 9.62. The zero-order valence-electron chi connectivity index (χ0n) is 14.7. The van der Waals surface area contributed by atoms with E-state index in [0.29, 0.717) is 23.5 Å². The van der Waals surface area contributed by atoms with Crippen LogP contribution in [0.3, 0.4) is 0 Å². The maximum atomic E-state index is 13.2. The molecule has 1 N–H and O–H groups in total. The van der Waals surface area contributed by atoms with Gasteiger partial charge in [0.2, 0.25) is 5.91 Å². The molecule has 0 aromatic heterocycles. The second-order valence-electron chi connectivity index (χ2n) is 6.96. The van der Waals surface area contributed by atoms with Gasteiger partial charge in [0.05, 0.1) is 12.0 Å². The fourth-order valence-electron chi connectivity index (χ4n) is 3.84. The molecule has 6 nitrogen and oxygen atoms in total. The highest BCUT2D eigenvalue weighted by atomic mass is 32.2. The van der Waals surface area contributed by atoms with Crippen LogP contribution in [0, 0.1) is 5.82 Å². The number of nitrogens with one attached hydrogen (secondary N) is 1. The van der Waals surface area contributed by atoms with E-state index in [1.807, 2.05) is 0 Å². The van der Waals surface area contributed by atoms with E-state index in [9.17, 15) is 17.6 Å². The number of sulfone groups is 1. The molecule has 1 saturated heterocycles. The van der Waals surface area contributed by atoms with E-state index in [0.717, 1.165) is 12.1 Å². The molecule has 2 bridgehead atoms. The standard InChI is InChI=1S/C19H18FNO5S/c1-19-10-15(14-9-12(25-2)5-8-16(14)26-19)17(18(22)21-19)27(23,24)13-6-3-11(20)4-7-13/h3-9,15,17H,10H2,1-2H3,(H,21,22)/t15-,17+,19-/m1/s1. The van der Waals surface area contributed by atoms with Gasteiger partial charge >= 0.3 is 0 Å². The van der Waals surface area contributed by atoms with Crippen molar-refractivity contribution in [2.75, 3.05) is 7.11 Å². The average molecular weight is 391 g/mol. The second kappa shape index (κ2) is 5.95. The summed E-state index contributed by atoms with van der Waals surface area (Å²) in [6.45, 7) is 1.71. The van der Waals surface area contributed by atoms with Crippen LogP contribution in [-0.4, -0.2) is 32.4 Å². The topological polar surface area (TPSA) is 81.7 Å². The Hall–Kier alpha value is -2.61. The number of carbonyl (C=O) groups is 1. The van der Waals surface area contributed by atoms with Crippen LogP contribution < -0.4 is 14.8 Å². The number of ether oxygens (including phenoxy) is 2. The summed E-state index contributed by atoms with van der Waals surface area (Å²) < 4.78 is 50.8. The Kier molecular flexibility index (Phi) is 3.92. The van der Waals surface area contributed by atoms with Crippen LogP contribution >= 0.6 is 0 Å². The van der Waals surface area contributed by atoms with E-state index in [4.69, 9.17) is 9.47 Å². The first kappa shape index (κ1) is 17.8. The molecule has 2 aliphatic heterocycles. The number of piperidine rings is 1. The molecule has 8 heteroatoms. The van der Waals surface area contributed by atoms with Crippen LogP contribution in [0.15, 0.2) is 47.4 Å². The van der Waals surface area contributed by atoms with Crippen molar-refractivity contribution in [1.29, 1.82) is 0 Å². The van der Waals surface area contributed by atoms with Crippen molar-refractivity contribution in [3.63, 3.8) is 0 Å². The predicted molar refractivity (Wildman–Crippen MR) is 94.9 cm³/mol. The molecule has 4 rings (SSSR count). The van der Waals surface area contributed by atoms with Crippen molar-refractivity contribution >= 4 is 15.7 Å². The Bertz CT molecular complexity index is 1020. The number of hydrogen-bond acceptors (Lipinski definition) is 5. The van der Waals surface area contributed by atoms with Crippen molar-refractivity contribution in [3.05, 3.63) is 53.8 Å². The fourth-order valence-corrected chi connectivity index (χ4v) is 5.66. The van der Waals surface area contributed by atoms with Crippen LogP contribution in [0.2, 0.25) is 0 Å². The molecule has 0 saturated carbocycles. The third kappa shape index (κ3) is 2.84. The molecule has 0 aliphatic carbocycles. The highest BCUT2D eigenvalue weighted by molar-refractivity contribution is 7.92. The van der Waals surface area contributed by atoms with Crippen LogP contribution in [-0.2, 0) is 14.6 Å². The summed E-state index contributed by atoms with van der Waals surface area (Å²) in [7, 11) is -2.53. The van der Waals surface area contributed by atoms with Gasteiger partial charge < -0.3 is 14.8 Å². The molecular formula is C19H18FNO5S. The Labute approximate surface area is 156 Å². The van der Waals surface area contributed by atoms with Gasteiger partial charge in [0.1, 0.15) is 17.3 Å². The van der Waals surface area contributed by atoms with E-state index in [2.05, 4.69) is 5.32 Å². The minimum atomic E-state index is -4.04. The highest BCUT2D eigenvalue weighted by Gasteiger charge is 2.54. The van der Waals surface area contributed by atoms with Crippen molar-refractivity contribution in [3.8, 4) is 11.5 Å². The van der Waals surface area contributed by atoms with Gasteiger partial charge in [0.15, 0.2) is 20.8 Å². The first-order valence-corrected chi connectivity index (χ1v) is 9.97. The van der Waals surface area contributed by atoms with E-state index >= 15 is 0 Å². The van der Waals surface area contributed by atoms with Crippen molar-refractivity contribution in [1.82, 2.24) is 5.32 Å². The van der Waals surface area contributed by atoms with Gasteiger partial charge in [-0.05, 0) is 49.4 Å². The zero-order chi connectivity index (χ0) is 19.4. The van der Waals surface area contributed by atoms with Crippen molar-refractivity contribution in [2.24, 2.45) is 0 Å². The summed E-state index contributed by atoms with van der Waals surface area (Å²) in [5.41, 5.74) is -0.379. The summed E-state index contributed by atoms with van der Waals surface area (Å²) in [4.78, 5) is 12.7. The number of benzene rings is 2. The molecule has 1 amide bonds. The van der Waals surface area contributed by atoms with E-state index in [1.54, 1.807) is 25.1 Å². The highest BCUT2D eigenvalue weighted by Crippen LogP contribution is 2.48. The lowest BCUT2D eigenvalue weighted by Crippen LogP contribution is -2.63. The molecule has 2 aliphatic rings. The Morgan fingerprint density at radius 2 is 1.93 bits per heavy atom. The van der Waals surface area contributed by atoms with E-state index < -0.39 is 38.5 Å². The summed E-state index contributed by atoms with van der Waals surface area (Å²) in [5, 5.41) is 1.34. The van der Waals surface area contributed by atoms with Crippen LogP contribution in [0.5, 0.6) is 11.5 Å². The molecule has 0 unspecified atom stereocenters. The van der Waals surface area contributed by atoms with Crippen LogP contribution in [0.4, 0.5) is 4.39 Å². The lowest BCUT2D eigenvalue weighted by atomic mass is 9.81. The molecule has 2 heterocycles. The lowest BCUT2D eigenvalue weighted by molar-refractivity contribution is -0.132. The predicted octanol–water partition coefficient (Wildman–Crippen LogP) is 2.39. The number of methoxy groups -OCH3 is 1. The molecule has 0 spiro atoms. The van der Waals surface area contributed by atoms with Gasteiger partial charge in [-0.1, -0.05) is 0 Å². The minimum absolute atomic E-state index is 0.0939. The average Bonchev–Trinajstić information content (AvgIpc) is 2.60. The summed E-state index contributed by atoms with van der Waals surface area (Å²) in [6.07, 6.45) is 0.296. The van der Waals surface area contributed by atoms with Crippen molar-refractivity contribution in [2.45, 2.75) is 35.1 Å². The maximum absolute atomic E-state index is 13.2. The zero-order valence-corrected chi connectivity index (χ0v) is 15.5. The van der Waals surface area contributed by atoms with Crippen molar-refractivity contribution < 1.29 is 27.1 Å². The number of fused-ring (bicyclic) bond motifs is 4. The third-order valence-electron chi connectivity index (χ3n) is 5.05. The minimum Gasteiger partial charge on any atom is -0.497 e. The molecule has 142 valence electrons. The third-order valence-corrected chi connectivity index (χ3v) is 7.19. The molecule has 1 fully saturated rings. The summed E-state index contributed by atoms with van der Waals surface area (Å²) >= 11 is 0. The second-order valence-corrected chi connectivity index (χ2v) is 9.03. The Balaban J connectivity index is 1.86. The first-order chi connectivity index (χ1) is 12.7. The summed E-state index contributed by atoms with van der Waals surface area (Å²) in [5.74, 6) is -0.737. The number of amides is 1. The SMILES string of the molecule is COc1ccc2c(c1)[C@H]1C[C@](C)(NC(=O)[C@H]1S(=O)(=O)c1ccc(F)cc1)O2. The van der Waals surface area contributed by atoms with Gasteiger partial charge in [-0.25, -0.2) is 12.8 Å². The smallest absolute Gasteiger partial charge is 0.242 e. The number of hydrogen-bond donors (Lipinski definition) is 1. The molecule has 2 aromatic rings. The van der Waals surface area contributed by atoms with E-state index in [1.165, 1.54) is 19.2 Å². The van der Waals surface area contributed by atoms with E-state index in [-0.39, 0.29) is 4.90 Å². The number of rotatable bonds is 3. The van der Waals surface area contributed by atoms with Gasteiger partial charge in [0.25, 0.3) is 0 Å². The normalized spacial score (nSPS) is 26.6. The van der Waals surface area contributed by atoms with Gasteiger partial charge in [-0.15, -0.1) is 0 Å². The Morgan fingerprint density at radius 3 is 2.59 bits per heavy atom. The maximum Gasteiger partial charge on any atom is 0.242 e. The van der Waals surface area contributed by atoms with Crippen LogP contribution in [0.25, 0.3) is 0 Å². The molecule has 27 heavy (non-hydrogen) atoms. The Morgan fingerprint density at radius 1 is 1.22 bits per heavy atom. The molecular weight excluding hydrogens is 373 g/mol. The lowest BCUT2D eigenvalue weighted by Gasteiger charge is -2.46. The van der Waals surface area contributed by atoms with Gasteiger partial charge in [0, 0.05) is 17.9 Å². The number of halogens is 1.